The second-order valence-corrected chi connectivity index (χ2v) is 9.08. The molecule has 2 N–H and O–H groups in total. The van der Waals surface area contributed by atoms with Crippen LogP contribution in [0.4, 0.5) is 23.1 Å². The quantitative estimate of drug-likeness (QED) is 0.460. The van der Waals surface area contributed by atoms with Gasteiger partial charge in [0.1, 0.15) is 11.6 Å². The van der Waals surface area contributed by atoms with E-state index in [1.165, 1.54) is 0 Å². The second kappa shape index (κ2) is 8.36. The van der Waals surface area contributed by atoms with Gasteiger partial charge in [-0.1, -0.05) is 43.1 Å². The van der Waals surface area contributed by atoms with Gasteiger partial charge in [-0.05, 0) is 42.2 Å². The largest absolute Gasteiger partial charge is 0.497 e. The average molecular weight is 457 g/mol. The fraction of sp³-hybridized carbons (Fsp3) is 0.261. The molecular weight excluding hydrogens is 435 g/mol. The first-order valence-electron chi connectivity index (χ1n) is 9.81. The predicted molar refractivity (Wildman–Crippen MR) is 124 cm³/mol. The Morgan fingerprint density at radius 1 is 0.968 bits per heavy atom. The molecule has 1 aliphatic rings. The summed E-state index contributed by atoms with van der Waals surface area (Å²) in [6.45, 7) is 4.13. The summed E-state index contributed by atoms with van der Waals surface area (Å²) in [5.41, 5.74) is 2.51. The van der Waals surface area contributed by atoms with E-state index in [2.05, 4.69) is 34.4 Å². The van der Waals surface area contributed by atoms with E-state index in [1.807, 2.05) is 24.3 Å². The van der Waals surface area contributed by atoms with Crippen LogP contribution in [0, 0.1) is 5.41 Å². The van der Waals surface area contributed by atoms with Crippen LogP contribution in [0.15, 0.2) is 42.5 Å². The van der Waals surface area contributed by atoms with Crippen molar-refractivity contribution < 1.29 is 9.53 Å². The first-order valence-corrected chi connectivity index (χ1v) is 10.6. The first kappa shape index (κ1) is 21.4. The van der Waals surface area contributed by atoms with E-state index in [1.54, 1.807) is 25.3 Å². The summed E-state index contributed by atoms with van der Waals surface area (Å²) in [6, 6.07) is 12.7. The van der Waals surface area contributed by atoms with Crippen LogP contribution in [0.25, 0.3) is 0 Å². The molecule has 6 nitrogen and oxygen atoms in total. The molecule has 8 heteroatoms. The van der Waals surface area contributed by atoms with E-state index < -0.39 is 0 Å². The smallest absolute Gasteiger partial charge is 0.229 e. The fourth-order valence-electron chi connectivity index (χ4n) is 3.65. The van der Waals surface area contributed by atoms with Crippen molar-refractivity contribution in [2.45, 2.75) is 26.7 Å². The molecule has 0 fully saturated rings. The van der Waals surface area contributed by atoms with Gasteiger partial charge in [0.25, 0.3) is 0 Å². The maximum absolute atomic E-state index is 13.0. The Balaban J connectivity index is 1.77. The van der Waals surface area contributed by atoms with Gasteiger partial charge >= 0.3 is 0 Å². The van der Waals surface area contributed by atoms with Gasteiger partial charge in [0.2, 0.25) is 5.95 Å². The summed E-state index contributed by atoms with van der Waals surface area (Å²) in [5, 5.41) is 7.31. The molecule has 31 heavy (non-hydrogen) atoms. The van der Waals surface area contributed by atoms with Crippen LogP contribution in [0.2, 0.25) is 10.0 Å². The number of nitrogens with zero attached hydrogens (tertiary/aromatic N) is 2. The summed E-state index contributed by atoms with van der Waals surface area (Å²) in [7, 11) is 1.61. The Morgan fingerprint density at radius 2 is 1.74 bits per heavy atom. The molecule has 0 radical (unpaired) electrons. The molecule has 4 rings (SSSR count). The van der Waals surface area contributed by atoms with Gasteiger partial charge in [-0.25, -0.2) is 4.98 Å². The van der Waals surface area contributed by atoms with E-state index >= 15 is 0 Å². The van der Waals surface area contributed by atoms with Gasteiger partial charge in [-0.15, -0.1) is 0 Å². The third-order valence-electron chi connectivity index (χ3n) is 5.06. The molecule has 1 aromatic heterocycles. The van der Waals surface area contributed by atoms with E-state index in [0.29, 0.717) is 57.3 Å². The van der Waals surface area contributed by atoms with Crippen molar-refractivity contribution in [1.29, 1.82) is 0 Å². The number of hydrogen-bond acceptors (Lipinski definition) is 6. The van der Waals surface area contributed by atoms with Gasteiger partial charge < -0.3 is 15.4 Å². The van der Waals surface area contributed by atoms with Gasteiger partial charge in [-0.2, -0.15) is 4.98 Å². The molecule has 1 heterocycles. The number of anilines is 4. The zero-order valence-electron chi connectivity index (χ0n) is 17.4. The van der Waals surface area contributed by atoms with E-state index in [4.69, 9.17) is 27.9 Å². The second-order valence-electron chi connectivity index (χ2n) is 8.27. The molecule has 1 aliphatic carbocycles. The molecule has 0 aliphatic heterocycles. The summed E-state index contributed by atoms with van der Waals surface area (Å²) in [6.07, 6.45) is 1.10. The molecule has 0 saturated carbocycles. The van der Waals surface area contributed by atoms with Crippen LogP contribution in [-0.2, 0) is 6.42 Å². The van der Waals surface area contributed by atoms with Gasteiger partial charge in [0, 0.05) is 23.9 Å². The lowest BCUT2D eigenvalue weighted by molar-refractivity contribution is 0.0911. The Bertz CT molecular complexity index is 1160. The molecular formula is C23H22Cl2N4O2. The minimum absolute atomic E-state index is 0.0155. The van der Waals surface area contributed by atoms with Crippen LogP contribution >= 0.6 is 23.2 Å². The Hall–Kier alpha value is -2.83. The lowest BCUT2D eigenvalue weighted by atomic mass is 9.75. The molecule has 2 aromatic carbocycles. The number of benzene rings is 2. The van der Waals surface area contributed by atoms with Crippen molar-refractivity contribution in [3.63, 3.8) is 0 Å². The zero-order chi connectivity index (χ0) is 22.2. The van der Waals surface area contributed by atoms with Crippen molar-refractivity contribution in [2.75, 3.05) is 17.7 Å². The van der Waals surface area contributed by atoms with Crippen molar-refractivity contribution in [2.24, 2.45) is 5.41 Å². The number of ketones is 1. The highest BCUT2D eigenvalue weighted by atomic mass is 35.5. The van der Waals surface area contributed by atoms with Crippen LogP contribution in [0.1, 0.15) is 36.3 Å². The number of hydrogen-bond donors (Lipinski definition) is 2. The van der Waals surface area contributed by atoms with Crippen molar-refractivity contribution >= 4 is 52.1 Å². The summed E-state index contributed by atoms with van der Waals surface area (Å²) < 4.78 is 5.29. The number of methoxy groups -OCH3 is 1. The van der Waals surface area contributed by atoms with Crippen LogP contribution < -0.4 is 15.4 Å². The number of fused-ring (bicyclic) bond motifs is 1. The Morgan fingerprint density at radius 3 is 2.48 bits per heavy atom. The summed E-state index contributed by atoms with van der Waals surface area (Å²) >= 11 is 12.2. The molecule has 0 amide bonds. The maximum Gasteiger partial charge on any atom is 0.229 e. The van der Waals surface area contributed by atoms with Gasteiger partial charge in [0.15, 0.2) is 5.78 Å². The Kier molecular flexibility index (Phi) is 5.77. The monoisotopic (exact) mass is 456 g/mol. The highest BCUT2D eigenvalue weighted by Crippen LogP contribution is 2.38. The van der Waals surface area contributed by atoms with Gasteiger partial charge in [0.05, 0.1) is 28.4 Å². The maximum atomic E-state index is 13.0. The average Bonchev–Trinajstić information content (AvgIpc) is 2.69. The molecule has 3 aromatic rings. The molecule has 160 valence electrons. The number of ether oxygens (including phenoxy) is 1. The minimum Gasteiger partial charge on any atom is -0.497 e. The normalized spacial score (nSPS) is 14.7. The molecule has 0 unspecified atom stereocenters. The number of Topliss-reactive ketones (excluding diaryl/α,β-unsaturated/α-hetero) is 1. The number of nitrogens with one attached hydrogen (secondary N) is 2. The number of carbonyl (C=O) groups excluding carboxylic acids is 1. The number of rotatable bonds is 5. The third kappa shape index (κ3) is 4.75. The number of halogens is 2. The standard InChI is InChI=1S/C23H22Cl2N4O2/c1-23(2)11-18-20(19(30)12-23)21(26-14-7-8-16(24)17(25)10-14)29-22(28-18)27-13-5-4-6-15(9-13)31-3/h4-10H,11-12H2,1-3H3,(H2,26,27,28,29). The molecule has 0 bridgehead atoms. The Labute approximate surface area is 191 Å². The van der Waals surface area contributed by atoms with Gasteiger partial charge in [-0.3, -0.25) is 4.79 Å². The van der Waals surface area contributed by atoms with E-state index in [9.17, 15) is 4.79 Å². The SMILES string of the molecule is COc1cccc(Nc2nc3c(c(Nc4ccc(Cl)c(Cl)c4)n2)C(=O)CC(C)(C)C3)c1. The number of carbonyl (C=O) groups is 1. The van der Waals surface area contributed by atoms with Crippen LogP contribution in [-0.4, -0.2) is 22.9 Å². The predicted octanol–water partition coefficient (Wildman–Crippen LogP) is 6.43. The van der Waals surface area contributed by atoms with Crippen molar-refractivity contribution in [3.8, 4) is 5.75 Å². The number of aromatic nitrogens is 2. The van der Waals surface area contributed by atoms with E-state index in [0.717, 1.165) is 5.69 Å². The highest BCUT2D eigenvalue weighted by molar-refractivity contribution is 6.42. The van der Waals surface area contributed by atoms with Crippen molar-refractivity contribution in [1.82, 2.24) is 9.97 Å². The first-order chi connectivity index (χ1) is 14.7. The van der Waals surface area contributed by atoms with Crippen molar-refractivity contribution in [3.05, 3.63) is 63.8 Å². The van der Waals surface area contributed by atoms with E-state index in [-0.39, 0.29) is 11.2 Å². The molecule has 0 saturated heterocycles. The molecule has 0 spiro atoms. The third-order valence-corrected chi connectivity index (χ3v) is 5.80. The zero-order valence-corrected chi connectivity index (χ0v) is 18.9. The van der Waals surface area contributed by atoms with Crippen LogP contribution in [0.5, 0.6) is 5.75 Å². The summed E-state index contributed by atoms with van der Waals surface area (Å²) in [4.78, 5) is 22.3. The fourth-order valence-corrected chi connectivity index (χ4v) is 3.95. The lowest BCUT2D eigenvalue weighted by Gasteiger charge is -2.30. The minimum atomic E-state index is -0.174. The molecule has 0 atom stereocenters. The lowest BCUT2D eigenvalue weighted by Crippen LogP contribution is -2.29. The topological polar surface area (TPSA) is 76.1 Å². The highest BCUT2D eigenvalue weighted by Gasteiger charge is 2.35. The van der Waals surface area contributed by atoms with Crippen LogP contribution in [0.3, 0.4) is 0 Å². The summed E-state index contributed by atoms with van der Waals surface area (Å²) in [5.74, 6) is 1.56.